The van der Waals surface area contributed by atoms with Crippen molar-refractivity contribution < 1.29 is 9.90 Å². The van der Waals surface area contributed by atoms with Crippen molar-refractivity contribution in [3.05, 3.63) is 47.2 Å². The van der Waals surface area contributed by atoms with Gasteiger partial charge in [-0.3, -0.25) is 10.1 Å². The fourth-order valence-electron chi connectivity index (χ4n) is 2.18. The molecule has 0 saturated carbocycles. The number of carboxylic acid groups (broad SMARTS) is 1. The number of carbonyl (C=O) groups is 1. The molecule has 2 atom stereocenters. The van der Waals surface area contributed by atoms with Crippen LogP contribution in [0.4, 0.5) is 0 Å². The van der Waals surface area contributed by atoms with Crippen LogP contribution < -0.4 is 5.32 Å². The molecule has 0 radical (unpaired) electrons. The van der Waals surface area contributed by atoms with Crippen LogP contribution in [0.5, 0.6) is 0 Å². The maximum atomic E-state index is 11.3. The van der Waals surface area contributed by atoms with Gasteiger partial charge in [-0.1, -0.05) is 31.9 Å². The van der Waals surface area contributed by atoms with Crippen LogP contribution in [-0.2, 0) is 11.3 Å². The van der Waals surface area contributed by atoms with Crippen LogP contribution in [0.2, 0.25) is 5.02 Å². The molecular formula is C16H20ClN3O2. The van der Waals surface area contributed by atoms with Gasteiger partial charge in [0.25, 0.3) is 0 Å². The van der Waals surface area contributed by atoms with E-state index in [9.17, 15) is 9.90 Å². The molecule has 118 valence electrons. The van der Waals surface area contributed by atoms with Crippen LogP contribution >= 0.6 is 11.6 Å². The van der Waals surface area contributed by atoms with E-state index < -0.39 is 12.0 Å². The van der Waals surface area contributed by atoms with Gasteiger partial charge in [0.2, 0.25) is 0 Å². The molecule has 2 rings (SSSR count). The molecule has 0 aliphatic heterocycles. The summed E-state index contributed by atoms with van der Waals surface area (Å²) >= 11 is 5.87. The highest BCUT2D eigenvalue weighted by atomic mass is 35.5. The van der Waals surface area contributed by atoms with E-state index >= 15 is 0 Å². The monoisotopic (exact) mass is 321 g/mol. The molecule has 0 aliphatic carbocycles. The molecule has 6 heteroatoms. The van der Waals surface area contributed by atoms with E-state index in [1.807, 2.05) is 38.2 Å². The highest BCUT2D eigenvalue weighted by molar-refractivity contribution is 6.30. The first-order chi connectivity index (χ1) is 10.5. The van der Waals surface area contributed by atoms with Gasteiger partial charge >= 0.3 is 5.97 Å². The second-order valence-corrected chi connectivity index (χ2v) is 5.75. The quantitative estimate of drug-likeness (QED) is 0.822. The largest absolute Gasteiger partial charge is 0.480 e. The Bertz CT molecular complexity index is 625. The van der Waals surface area contributed by atoms with Gasteiger partial charge in [0.05, 0.1) is 11.4 Å². The van der Waals surface area contributed by atoms with Crippen molar-refractivity contribution in [2.24, 2.45) is 5.92 Å². The van der Waals surface area contributed by atoms with Crippen molar-refractivity contribution in [3.8, 4) is 5.69 Å². The first-order valence-electron chi connectivity index (χ1n) is 7.28. The molecule has 22 heavy (non-hydrogen) atoms. The number of aromatic nitrogens is 2. The maximum absolute atomic E-state index is 11.3. The topological polar surface area (TPSA) is 67.2 Å². The summed E-state index contributed by atoms with van der Waals surface area (Å²) in [5.74, 6) is -0.762. The lowest BCUT2D eigenvalue weighted by molar-refractivity contribution is -0.140. The lowest BCUT2D eigenvalue weighted by Crippen LogP contribution is -2.41. The molecule has 0 bridgehead atoms. The van der Waals surface area contributed by atoms with Crippen molar-refractivity contribution in [1.29, 1.82) is 0 Å². The molecule has 0 amide bonds. The second-order valence-electron chi connectivity index (χ2n) is 5.31. The molecule has 1 aromatic carbocycles. The molecule has 0 spiro atoms. The van der Waals surface area contributed by atoms with Crippen molar-refractivity contribution >= 4 is 17.6 Å². The van der Waals surface area contributed by atoms with Gasteiger partial charge in [-0.25, -0.2) is 4.68 Å². The predicted molar refractivity (Wildman–Crippen MR) is 86.3 cm³/mol. The zero-order valence-electron chi connectivity index (χ0n) is 12.7. The third-order valence-corrected chi connectivity index (χ3v) is 3.97. The van der Waals surface area contributed by atoms with Crippen LogP contribution in [0, 0.1) is 5.92 Å². The highest BCUT2D eigenvalue weighted by Gasteiger charge is 2.22. The number of hydrogen-bond acceptors (Lipinski definition) is 3. The van der Waals surface area contributed by atoms with Gasteiger partial charge in [-0.05, 0) is 36.2 Å². The third kappa shape index (κ3) is 4.08. The summed E-state index contributed by atoms with van der Waals surface area (Å²) in [5.41, 5.74) is 1.71. The molecule has 0 aliphatic rings. The molecule has 1 heterocycles. The van der Waals surface area contributed by atoms with Gasteiger partial charge in [0.1, 0.15) is 6.04 Å². The summed E-state index contributed by atoms with van der Waals surface area (Å²) in [6.07, 6.45) is 2.66. The van der Waals surface area contributed by atoms with Crippen molar-refractivity contribution in [2.75, 3.05) is 0 Å². The number of rotatable bonds is 7. The van der Waals surface area contributed by atoms with Crippen molar-refractivity contribution in [1.82, 2.24) is 15.1 Å². The van der Waals surface area contributed by atoms with Gasteiger partial charge in [0.15, 0.2) is 0 Å². The molecule has 2 N–H and O–H groups in total. The first-order valence-corrected chi connectivity index (χ1v) is 7.65. The summed E-state index contributed by atoms with van der Waals surface area (Å²) in [4.78, 5) is 11.3. The van der Waals surface area contributed by atoms with Crippen molar-refractivity contribution in [3.63, 3.8) is 0 Å². The van der Waals surface area contributed by atoms with Crippen LogP contribution in [0.15, 0.2) is 36.5 Å². The fraction of sp³-hybridized carbons (Fsp3) is 0.375. The number of nitrogens with zero attached hydrogens (tertiary/aromatic N) is 2. The van der Waals surface area contributed by atoms with Gasteiger partial charge < -0.3 is 5.11 Å². The van der Waals surface area contributed by atoms with E-state index in [1.165, 1.54) is 0 Å². The van der Waals surface area contributed by atoms with E-state index in [4.69, 9.17) is 11.6 Å². The lowest BCUT2D eigenvalue weighted by atomic mass is 9.99. The number of nitrogens with one attached hydrogen (secondary N) is 1. The summed E-state index contributed by atoms with van der Waals surface area (Å²) in [6.45, 7) is 4.33. The summed E-state index contributed by atoms with van der Waals surface area (Å²) in [6, 6.07) is 8.68. The Morgan fingerprint density at radius 2 is 2.05 bits per heavy atom. The number of hydrogen-bond donors (Lipinski definition) is 2. The standard InChI is InChI=1S/C16H20ClN3O2/c1-3-11(2)15(16(21)22)18-10-13-8-9-20(19-13)14-6-4-12(17)5-7-14/h4-9,11,15,18H,3,10H2,1-2H3,(H,21,22)/t11-,15-/m0/s1. The SMILES string of the molecule is CC[C@H](C)[C@H](NCc1ccn(-c2ccc(Cl)cc2)n1)C(=O)O. The Labute approximate surface area is 134 Å². The molecule has 1 aromatic heterocycles. The number of halogens is 1. The third-order valence-electron chi connectivity index (χ3n) is 3.72. The van der Waals surface area contributed by atoms with E-state index in [0.717, 1.165) is 17.8 Å². The van der Waals surface area contributed by atoms with Crippen LogP contribution in [0.1, 0.15) is 26.0 Å². The van der Waals surface area contributed by atoms with E-state index in [2.05, 4.69) is 10.4 Å². The Balaban J connectivity index is 2.02. The maximum Gasteiger partial charge on any atom is 0.320 e. The van der Waals surface area contributed by atoms with E-state index in [1.54, 1.807) is 16.8 Å². The minimum Gasteiger partial charge on any atom is -0.480 e. The smallest absolute Gasteiger partial charge is 0.320 e. The number of benzene rings is 1. The molecule has 0 saturated heterocycles. The van der Waals surface area contributed by atoms with Crippen LogP contribution in [0.3, 0.4) is 0 Å². The Morgan fingerprint density at radius 3 is 2.64 bits per heavy atom. The summed E-state index contributed by atoms with van der Waals surface area (Å²) in [5, 5.41) is 17.4. The predicted octanol–water partition coefficient (Wildman–Crippen LogP) is 3.11. The zero-order valence-corrected chi connectivity index (χ0v) is 13.4. The minimum absolute atomic E-state index is 0.0656. The van der Waals surface area contributed by atoms with Gasteiger partial charge in [-0.2, -0.15) is 5.10 Å². The van der Waals surface area contributed by atoms with Gasteiger partial charge in [0, 0.05) is 17.8 Å². The lowest BCUT2D eigenvalue weighted by Gasteiger charge is -2.19. The molecule has 0 unspecified atom stereocenters. The zero-order chi connectivity index (χ0) is 16.1. The Morgan fingerprint density at radius 1 is 1.36 bits per heavy atom. The fourth-order valence-corrected chi connectivity index (χ4v) is 2.30. The molecular weight excluding hydrogens is 302 g/mol. The Hall–Kier alpha value is -1.85. The van der Waals surface area contributed by atoms with E-state index in [-0.39, 0.29) is 5.92 Å². The molecule has 2 aromatic rings. The Kier molecular flexibility index (Phi) is 5.57. The molecule has 0 fully saturated rings. The highest BCUT2D eigenvalue weighted by Crippen LogP contribution is 2.13. The summed E-state index contributed by atoms with van der Waals surface area (Å²) in [7, 11) is 0. The van der Waals surface area contributed by atoms with Crippen molar-refractivity contribution in [2.45, 2.75) is 32.9 Å². The van der Waals surface area contributed by atoms with Crippen LogP contribution in [0.25, 0.3) is 5.69 Å². The summed E-state index contributed by atoms with van der Waals surface area (Å²) < 4.78 is 1.74. The average molecular weight is 322 g/mol. The van der Waals surface area contributed by atoms with Gasteiger partial charge in [-0.15, -0.1) is 0 Å². The minimum atomic E-state index is -0.827. The second kappa shape index (κ2) is 7.42. The van der Waals surface area contributed by atoms with E-state index in [0.29, 0.717) is 11.6 Å². The average Bonchev–Trinajstić information content (AvgIpc) is 2.96. The number of carboxylic acids is 1. The normalized spacial score (nSPS) is 13.8. The molecule has 5 nitrogen and oxygen atoms in total. The number of aliphatic carboxylic acids is 1. The van der Waals surface area contributed by atoms with Crippen LogP contribution in [-0.4, -0.2) is 26.9 Å². The first kappa shape index (κ1) is 16.5.